The number of hydrogen-bond acceptors (Lipinski definition) is 8. The molecule has 0 saturated heterocycles. The van der Waals surface area contributed by atoms with Gasteiger partial charge in [0.05, 0.1) is 41.6 Å². The van der Waals surface area contributed by atoms with Crippen LogP contribution in [0.5, 0.6) is 5.88 Å². The molecule has 11 heteroatoms. The molecule has 0 aliphatic heterocycles. The number of aromatic nitrogens is 4. The Balaban J connectivity index is 1.45. The summed E-state index contributed by atoms with van der Waals surface area (Å²) < 4.78 is 32.3. The van der Waals surface area contributed by atoms with E-state index in [-0.39, 0.29) is 17.0 Å². The van der Waals surface area contributed by atoms with E-state index in [1.807, 2.05) is 13.8 Å². The maximum absolute atomic E-state index is 13.0. The first-order valence-corrected chi connectivity index (χ1v) is 12.6. The van der Waals surface area contributed by atoms with E-state index in [0.29, 0.717) is 49.0 Å². The average Bonchev–Trinajstić information content (AvgIpc) is 3.67. The van der Waals surface area contributed by atoms with E-state index in [1.54, 1.807) is 48.9 Å². The Morgan fingerprint density at radius 3 is 2.59 bits per heavy atom. The molecule has 1 unspecified atom stereocenters. The molecule has 3 aromatic rings. The highest BCUT2D eigenvalue weighted by atomic mass is 32.2. The molecule has 1 aliphatic rings. The van der Waals surface area contributed by atoms with Crippen molar-refractivity contribution in [3.05, 3.63) is 54.6 Å². The van der Waals surface area contributed by atoms with E-state index < -0.39 is 15.9 Å². The molecule has 1 saturated carbocycles. The van der Waals surface area contributed by atoms with Gasteiger partial charge in [-0.15, -0.1) is 0 Å². The third-order valence-corrected chi connectivity index (χ3v) is 7.12. The first kappa shape index (κ1) is 23.6. The summed E-state index contributed by atoms with van der Waals surface area (Å²) in [5.41, 5.74) is 1.82. The second kappa shape index (κ2) is 10.1. The Labute approximate surface area is 198 Å². The van der Waals surface area contributed by atoms with Gasteiger partial charge in [0.15, 0.2) is 0 Å². The summed E-state index contributed by atoms with van der Waals surface area (Å²) in [6.07, 6.45) is 6.55. The van der Waals surface area contributed by atoms with Crippen LogP contribution in [0.2, 0.25) is 0 Å². The Morgan fingerprint density at radius 1 is 1.09 bits per heavy atom. The van der Waals surface area contributed by atoms with Crippen LogP contribution < -0.4 is 14.8 Å². The summed E-state index contributed by atoms with van der Waals surface area (Å²) >= 11 is 0. The van der Waals surface area contributed by atoms with Crippen molar-refractivity contribution in [3.63, 3.8) is 0 Å². The Morgan fingerprint density at radius 2 is 1.91 bits per heavy atom. The van der Waals surface area contributed by atoms with E-state index in [9.17, 15) is 13.2 Å². The van der Waals surface area contributed by atoms with Crippen LogP contribution in [0.15, 0.2) is 48.9 Å². The first-order chi connectivity index (χ1) is 16.4. The standard InChI is InChI=1S/C23H26N6O4S/c1-3-17(18-6-5-7-21(26-18)29-34(31,32)16-9-10-16)23(30)28-20-11-8-15(12-25-20)19-13-24-14-22(27-19)33-4-2/h5-8,11-14,16-17H,3-4,9-10H2,1-2H3,(H,26,29)(H,25,28,30). The average molecular weight is 483 g/mol. The molecule has 4 rings (SSSR count). The van der Waals surface area contributed by atoms with Crippen LogP contribution >= 0.6 is 0 Å². The summed E-state index contributed by atoms with van der Waals surface area (Å²) in [4.78, 5) is 30.2. The van der Waals surface area contributed by atoms with Crippen LogP contribution in [0.25, 0.3) is 11.3 Å². The number of carbonyl (C=O) groups excluding carboxylic acids is 1. The van der Waals surface area contributed by atoms with Crippen molar-refractivity contribution < 1.29 is 17.9 Å². The third-order valence-electron chi connectivity index (χ3n) is 5.28. The van der Waals surface area contributed by atoms with Gasteiger partial charge in [-0.1, -0.05) is 13.0 Å². The molecule has 0 aromatic carbocycles. The van der Waals surface area contributed by atoms with E-state index in [4.69, 9.17) is 4.74 Å². The molecule has 2 N–H and O–H groups in total. The lowest BCUT2D eigenvalue weighted by atomic mass is 10.0. The summed E-state index contributed by atoms with van der Waals surface area (Å²) in [5.74, 6) is 0.175. The van der Waals surface area contributed by atoms with Crippen molar-refractivity contribution in [3.8, 4) is 17.1 Å². The van der Waals surface area contributed by atoms with Crippen molar-refractivity contribution >= 4 is 27.6 Å². The van der Waals surface area contributed by atoms with E-state index >= 15 is 0 Å². The maximum Gasteiger partial charge on any atom is 0.236 e. The molecule has 3 aromatic heterocycles. The van der Waals surface area contributed by atoms with Crippen molar-refractivity contribution in [1.29, 1.82) is 0 Å². The highest BCUT2D eigenvalue weighted by Gasteiger charge is 2.36. The zero-order valence-corrected chi connectivity index (χ0v) is 19.7. The van der Waals surface area contributed by atoms with Crippen LogP contribution in [0.3, 0.4) is 0 Å². The zero-order valence-electron chi connectivity index (χ0n) is 18.9. The van der Waals surface area contributed by atoms with Crippen LogP contribution in [0.1, 0.15) is 44.7 Å². The fraction of sp³-hybridized carbons (Fsp3) is 0.348. The number of nitrogens with zero attached hydrogens (tertiary/aromatic N) is 4. The highest BCUT2D eigenvalue weighted by Crippen LogP contribution is 2.30. The lowest BCUT2D eigenvalue weighted by Crippen LogP contribution is -2.23. The van der Waals surface area contributed by atoms with Gasteiger partial charge in [0, 0.05) is 11.8 Å². The fourth-order valence-electron chi connectivity index (χ4n) is 3.38. The summed E-state index contributed by atoms with van der Waals surface area (Å²) in [5, 5.41) is 2.45. The second-order valence-corrected chi connectivity index (χ2v) is 9.81. The van der Waals surface area contributed by atoms with E-state index in [1.165, 1.54) is 0 Å². The molecule has 34 heavy (non-hydrogen) atoms. The number of nitrogens with one attached hydrogen (secondary N) is 2. The first-order valence-electron chi connectivity index (χ1n) is 11.1. The number of sulfonamides is 1. The van der Waals surface area contributed by atoms with Crippen LogP contribution in [-0.2, 0) is 14.8 Å². The molecular formula is C23H26N6O4S. The lowest BCUT2D eigenvalue weighted by Gasteiger charge is -2.16. The minimum absolute atomic E-state index is 0.216. The quantitative estimate of drug-likeness (QED) is 0.449. The normalized spacial score (nSPS) is 14.3. The molecule has 1 fully saturated rings. The molecule has 3 heterocycles. The molecule has 0 bridgehead atoms. The van der Waals surface area contributed by atoms with Gasteiger partial charge in [0.1, 0.15) is 11.6 Å². The highest BCUT2D eigenvalue weighted by molar-refractivity contribution is 7.93. The second-order valence-electron chi connectivity index (χ2n) is 7.85. The zero-order chi connectivity index (χ0) is 24.1. The number of carbonyl (C=O) groups is 1. The molecule has 1 aliphatic carbocycles. The van der Waals surface area contributed by atoms with Crippen LogP contribution in [0.4, 0.5) is 11.6 Å². The number of amides is 1. The summed E-state index contributed by atoms with van der Waals surface area (Å²) in [6, 6.07) is 8.45. The minimum Gasteiger partial charge on any atom is -0.477 e. The van der Waals surface area contributed by atoms with Gasteiger partial charge in [-0.05, 0) is 50.5 Å². The Hall–Kier alpha value is -3.60. The molecule has 0 spiro atoms. The lowest BCUT2D eigenvalue weighted by molar-refractivity contribution is -0.117. The number of ether oxygens (including phenoxy) is 1. The molecule has 178 valence electrons. The van der Waals surface area contributed by atoms with Crippen LogP contribution in [0, 0.1) is 0 Å². The molecule has 1 amide bonds. The van der Waals surface area contributed by atoms with Gasteiger partial charge < -0.3 is 10.1 Å². The largest absolute Gasteiger partial charge is 0.477 e. The van der Waals surface area contributed by atoms with Gasteiger partial charge >= 0.3 is 0 Å². The molecule has 1 atom stereocenters. The summed E-state index contributed by atoms with van der Waals surface area (Å²) in [6.45, 7) is 4.23. The topological polar surface area (TPSA) is 136 Å². The number of hydrogen-bond donors (Lipinski definition) is 2. The van der Waals surface area contributed by atoms with E-state index in [0.717, 1.165) is 5.56 Å². The number of rotatable bonds is 10. The Kier molecular flexibility index (Phi) is 7.01. The molecule has 0 radical (unpaired) electrons. The van der Waals surface area contributed by atoms with Gasteiger partial charge in [-0.25, -0.2) is 23.4 Å². The fourth-order valence-corrected chi connectivity index (χ4v) is 4.70. The van der Waals surface area contributed by atoms with Gasteiger partial charge in [0.2, 0.25) is 21.8 Å². The number of anilines is 2. The maximum atomic E-state index is 13.0. The van der Waals surface area contributed by atoms with Crippen molar-refractivity contribution in [2.45, 2.75) is 44.3 Å². The monoisotopic (exact) mass is 482 g/mol. The van der Waals surface area contributed by atoms with Crippen molar-refractivity contribution in [1.82, 2.24) is 19.9 Å². The van der Waals surface area contributed by atoms with Crippen molar-refractivity contribution in [2.75, 3.05) is 16.6 Å². The van der Waals surface area contributed by atoms with Crippen molar-refractivity contribution in [2.24, 2.45) is 0 Å². The molecular weight excluding hydrogens is 456 g/mol. The number of pyridine rings is 2. The predicted octanol–water partition coefficient (Wildman–Crippen LogP) is 3.37. The minimum atomic E-state index is -3.43. The predicted molar refractivity (Wildman–Crippen MR) is 128 cm³/mol. The third kappa shape index (κ3) is 5.66. The SMILES string of the molecule is CCOc1cncc(-c2ccc(NC(=O)C(CC)c3cccc(NS(=O)(=O)C4CC4)n3)nc2)n1. The van der Waals surface area contributed by atoms with Gasteiger partial charge in [-0.2, -0.15) is 0 Å². The smallest absolute Gasteiger partial charge is 0.236 e. The van der Waals surface area contributed by atoms with Gasteiger partial charge in [0.25, 0.3) is 0 Å². The summed E-state index contributed by atoms with van der Waals surface area (Å²) in [7, 11) is -3.43. The Bertz CT molecular complexity index is 1260. The molecule has 10 nitrogen and oxygen atoms in total. The van der Waals surface area contributed by atoms with Crippen LogP contribution in [-0.4, -0.2) is 46.1 Å². The van der Waals surface area contributed by atoms with Gasteiger partial charge in [-0.3, -0.25) is 14.5 Å². The van der Waals surface area contributed by atoms with E-state index in [2.05, 4.69) is 30.0 Å².